The smallest absolute Gasteiger partial charge is 0.251 e. The van der Waals surface area contributed by atoms with E-state index < -0.39 is 0 Å². The average Bonchev–Trinajstić information content (AvgIpc) is 2.12. The van der Waals surface area contributed by atoms with E-state index >= 15 is 0 Å². The molecule has 1 aromatic carbocycles. The first-order chi connectivity index (χ1) is 6.99. The van der Waals surface area contributed by atoms with Gasteiger partial charge in [-0.1, -0.05) is 34.1 Å². The van der Waals surface area contributed by atoms with E-state index in [-0.39, 0.29) is 12.5 Å². The van der Waals surface area contributed by atoms with Crippen molar-refractivity contribution in [3.63, 3.8) is 0 Å². The standard InChI is InChI=1S/C11H11BrClNO/c1-7-3-9(5-10(12)4-7)11(15)14-6-8(2)13/h3-5H,2,6H2,1H3,(H,14,15). The van der Waals surface area contributed by atoms with E-state index in [1.165, 1.54) is 0 Å². The van der Waals surface area contributed by atoms with Crippen LogP contribution in [0.2, 0.25) is 0 Å². The minimum absolute atomic E-state index is 0.152. The molecule has 0 heterocycles. The molecule has 0 unspecified atom stereocenters. The summed E-state index contributed by atoms with van der Waals surface area (Å²) in [4.78, 5) is 11.6. The lowest BCUT2D eigenvalue weighted by Gasteiger charge is -2.05. The minimum atomic E-state index is -0.152. The van der Waals surface area contributed by atoms with Crippen molar-refractivity contribution in [3.05, 3.63) is 45.4 Å². The Hall–Kier alpha value is -0.800. The van der Waals surface area contributed by atoms with Crippen LogP contribution >= 0.6 is 27.5 Å². The minimum Gasteiger partial charge on any atom is -0.347 e. The largest absolute Gasteiger partial charge is 0.347 e. The van der Waals surface area contributed by atoms with Gasteiger partial charge in [0.15, 0.2) is 0 Å². The Morgan fingerprint density at radius 2 is 2.20 bits per heavy atom. The molecule has 15 heavy (non-hydrogen) atoms. The van der Waals surface area contributed by atoms with Crippen LogP contribution in [-0.2, 0) is 0 Å². The summed E-state index contributed by atoms with van der Waals surface area (Å²) in [5, 5.41) is 3.07. The molecule has 0 saturated carbocycles. The van der Waals surface area contributed by atoms with Gasteiger partial charge in [-0.15, -0.1) is 0 Å². The average molecular weight is 289 g/mol. The fraction of sp³-hybridized carbons (Fsp3) is 0.182. The van der Waals surface area contributed by atoms with Crippen molar-refractivity contribution in [2.45, 2.75) is 6.92 Å². The Balaban J connectivity index is 2.77. The van der Waals surface area contributed by atoms with E-state index in [1.807, 2.05) is 19.1 Å². The van der Waals surface area contributed by atoms with Crippen LogP contribution in [-0.4, -0.2) is 12.5 Å². The van der Waals surface area contributed by atoms with Crippen LogP contribution in [0.1, 0.15) is 15.9 Å². The van der Waals surface area contributed by atoms with E-state index in [4.69, 9.17) is 11.6 Å². The van der Waals surface area contributed by atoms with Crippen molar-refractivity contribution in [2.75, 3.05) is 6.54 Å². The summed E-state index contributed by atoms with van der Waals surface area (Å²) in [6.07, 6.45) is 0. The van der Waals surface area contributed by atoms with Gasteiger partial charge in [-0.3, -0.25) is 4.79 Å². The predicted molar refractivity (Wildman–Crippen MR) is 66.2 cm³/mol. The molecular weight excluding hydrogens is 277 g/mol. The lowest BCUT2D eigenvalue weighted by atomic mass is 10.1. The Bertz CT molecular complexity index is 383. The normalized spacial score (nSPS) is 9.80. The number of hydrogen-bond donors (Lipinski definition) is 1. The number of carbonyl (C=O) groups excluding carboxylic acids is 1. The zero-order chi connectivity index (χ0) is 11.4. The second-order valence-corrected chi connectivity index (χ2v) is 4.67. The number of hydrogen-bond acceptors (Lipinski definition) is 1. The maximum absolute atomic E-state index is 11.6. The second-order valence-electron chi connectivity index (χ2n) is 3.22. The molecular formula is C11H11BrClNO. The van der Waals surface area contributed by atoms with Crippen molar-refractivity contribution < 1.29 is 4.79 Å². The first-order valence-electron chi connectivity index (χ1n) is 4.37. The van der Waals surface area contributed by atoms with Crippen LogP contribution in [0.25, 0.3) is 0 Å². The fourth-order valence-corrected chi connectivity index (χ4v) is 1.82. The Kier molecular flexibility index (Phi) is 4.36. The van der Waals surface area contributed by atoms with Crippen LogP contribution in [0.15, 0.2) is 34.3 Å². The molecule has 0 atom stereocenters. The summed E-state index contributed by atoms with van der Waals surface area (Å²) in [6.45, 7) is 5.71. The monoisotopic (exact) mass is 287 g/mol. The molecule has 0 aliphatic heterocycles. The summed E-state index contributed by atoms with van der Waals surface area (Å²) in [5.41, 5.74) is 1.64. The van der Waals surface area contributed by atoms with E-state index in [9.17, 15) is 4.79 Å². The van der Waals surface area contributed by atoms with Crippen LogP contribution in [0.4, 0.5) is 0 Å². The van der Waals surface area contributed by atoms with Crippen LogP contribution < -0.4 is 5.32 Å². The summed E-state index contributed by atoms with van der Waals surface area (Å²) in [6, 6.07) is 5.52. The van der Waals surface area contributed by atoms with Gasteiger partial charge in [0.25, 0.3) is 5.91 Å². The molecule has 0 bridgehead atoms. The lowest BCUT2D eigenvalue weighted by Crippen LogP contribution is -2.24. The molecule has 4 heteroatoms. The van der Waals surface area contributed by atoms with E-state index in [0.717, 1.165) is 10.0 Å². The molecule has 0 aliphatic carbocycles. The van der Waals surface area contributed by atoms with Crippen molar-refractivity contribution in [1.29, 1.82) is 0 Å². The van der Waals surface area contributed by atoms with Crippen LogP contribution in [0, 0.1) is 6.92 Å². The van der Waals surface area contributed by atoms with Gasteiger partial charge in [0, 0.05) is 15.1 Å². The SMILES string of the molecule is C=C(Cl)CNC(=O)c1cc(C)cc(Br)c1. The van der Waals surface area contributed by atoms with Crippen LogP contribution in [0.3, 0.4) is 0 Å². The molecule has 80 valence electrons. The summed E-state index contributed by atoms with van der Waals surface area (Å²) in [7, 11) is 0. The Morgan fingerprint density at radius 1 is 1.53 bits per heavy atom. The van der Waals surface area contributed by atoms with Crippen molar-refractivity contribution in [1.82, 2.24) is 5.32 Å². The number of aryl methyl sites for hydroxylation is 1. The van der Waals surface area contributed by atoms with Gasteiger partial charge in [0.2, 0.25) is 0 Å². The van der Waals surface area contributed by atoms with Gasteiger partial charge in [0.05, 0.1) is 6.54 Å². The topological polar surface area (TPSA) is 29.1 Å². The van der Waals surface area contributed by atoms with Gasteiger partial charge in [-0.25, -0.2) is 0 Å². The number of benzene rings is 1. The predicted octanol–water partition coefficient (Wildman–Crippen LogP) is 3.24. The number of amides is 1. The Morgan fingerprint density at radius 3 is 2.73 bits per heavy atom. The van der Waals surface area contributed by atoms with Gasteiger partial charge >= 0.3 is 0 Å². The highest BCUT2D eigenvalue weighted by Crippen LogP contribution is 2.15. The molecule has 0 fully saturated rings. The summed E-state index contributed by atoms with van der Waals surface area (Å²) < 4.78 is 0.886. The third kappa shape index (κ3) is 4.06. The highest BCUT2D eigenvalue weighted by Gasteiger charge is 2.06. The van der Waals surface area contributed by atoms with E-state index in [0.29, 0.717) is 10.6 Å². The lowest BCUT2D eigenvalue weighted by molar-refractivity contribution is 0.0957. The number of carbonyl (C=O) groups is 1. The van der Waals surface area contributed by atoms with Gasteiger partial charge < -0.3 is 5.32 Å². The van der Waals surface area contributed by atoms with Crippen LogP contribution in [0.5, 0.6) is 0 Å². The third-order valence-corrected chi connectivity index (χ3v) is 2.34. The van der Waals surface area contributed by atoms with E-state index in [1.54, 1.807) is 6.07 Å². The van der Waals surface area contributed by atoms with Gasteiger partial charge in [0.1, 0.15) is 0 Å². The third-order valence-electron chi connectivity index (χ3n) is 1.75. The zero-order valence-electron chi connectivity index (χ0n) is 8.31. The van der Waals surface area contributed by atoms with Crippen molar-refractivity contribution in [2.24, 2.45) is 0 Å². The first-order valence-corrected chi connectivity index (χ1v) is 5.55. The molecule has 0 aliphatic rings. The highest BCUT2D eigenvalue weighted by atomic mass is 79.9. The quantitative estimate of drug-likeness (QED) is 0.909. The maximum atomic E-state index is 11.6. The molecule has 1 amide bonds. The van der Waals surface area contributed by atoms with E-state index in [2.05, 4.69) is 27.8 Å². The highest BCUT2D eigenvalue weighted by molar-refractivity contribution is 9.10. The molecule has 1 rings (SSSR count). The molecule has 1 N–H and O–H groups in total. The number of halogens is 2. The molecule has 0 aromatic heterocycles. The van der Waals surface area contributed by atoms with Crippen molar-refractivity contribution in [3.8, 4) is 0 Å². The van der Waals surface area contributed by atoms with Crippen molar-refractivity contribution >= 4 is 33.4 Å². The Labute approximate surface area is 102 Å². The van der Waals surface area contributed by atoms with Gasteiger partial charge in [-0.05, 0) is 30.7 Å². The molecule has 0 spiro atoms. The maximum Gasteiger partial charge on any atom is 0.251 e. The van der Waals surface area contributed by atoms with Gasteiger partial charge in [-0.2, -0.15) is 0 Å². The fourth-order valence-electron chi connectivity index (χ4n) is 1.15. The molecule has 0 radical (unpaired) electrons. The summed E-state index contributed by atoms with van der Waals surface area (Å²) in [5.74, 6) is -0.152. The first kappa shape index (κ1) is 12.3. The molecule has 0 saturated heterocycles. The number of rotatable bonds is 3. The molecule has 2 nitrogen and oxygen atoms in total. The second kappa shape index (κ2) is 5.33. The zero-order valence-corrected chi connectivity index (χ0v) is 10.7. The molecule has 1 aromatic rings. The number of nitrogens with one attached hydrogen (secondary N) is 1. The summed E-state index contributed by atoms with van der Waals surface area (Å²) >= 11 is 8.89.